The van der Waals surface area contributed by atoms with E-state index in [0.29, 0.717) is 6.42 Å². The van der Waals surface area contributed by atoms with E-state index in [9.17, 15) is 44.4 Å². The molecule has 1 heterocycles. The van der Waals surface area contributed by atoms with Crippen molar-refractivity contribution in [3.8, 4) is 11.1 Å². The molecule has 49 heavy (non-hydrogen) atoms. The Hall–Kier alpha value is -2.37. The maximum atomic E-state index is 12.9. The first-order valence-corrected chi connectivity index (χ1v) is 15.5. The van der Waals surface area contributed by atoms with Crippen LogP contribution >= 0.6 is 0 Å². The number of carboxylic acid groups (broad SMARTS) is 2. The molecular formula is C33H41N3Na2O11. The number of aliphatic hydroxyl groups is 2. The number of carboxylic acids is 2. The van der Waals surface area contributed by atoms with Crippen molar-refractivity contribution in [1.29, 1.82) is 0 Å². The second-order valence-electron chi connectivity index (χ2n) is 11.3. The summed E-state index contributed by atoms with van der Waals surface area (Å²) < 4.78 is 11.4. The van der Waals surface area contributed by atoms with E-state index in [2.05, 4.69) is 16.0 Å². The van der Waals surface area contributed by atoms with E-state index in [4.69, 9.17) is 9.47 Å². The Bertz CT molecular complexity index is 1380. The van der Waals surface area contributed by atoms with Crippen LogP contribution in [0.15, 0.2) is 54.6 Å². The molecule has 14 nitrogen and oxygen atoms in total. The van der Waals surface area contributed by atoms with Crippen LogP contribution in [-0.2, 0) is 28.7 Å². The molecule has 0 aromatic heterocycles. The Morgan fingerprint density at radius 1 is 0.939 bits per heavy atom. The van der Waals surface area contributed by atoms with Crippen LogP contribution in [0, 0.1) is 0 Å². The maximum absolute atomic E-state index is 12.9. The molecule has 6 atom stereocenters. The number of carbonyl (C=O) groups is 5. The van der Waals surface area contributed by atoms with Gasteiger partial charge in [0.25, 0.3) is 5.91 Å². The summed E-state index contributed by atoms with van der Waals surface area (Å²) in [5, 5.41) is 53.1. The van der Waals surface area contributed by atoms with Gasteiger partial charge in [-0.2, -0.15) is 0 Å². The Morgan fingerprint density at radius 3 is 2.14 bits per heavy atom. The molecule has 16 heteroatoms. The number of nitrogens with one attached hydrogen (secondary N) is 3. The average Bonchev–Trinajstić information content (AvgIpc) is 3.05. The number of unbranched alkanes of at least 4 members (excludes halogenated alkanes) is 2. The summed E-state index contributed by atoms with van der Waals surface area (Å²) in [4.78, 5) is 60.6. The van der Waals surface area contributed by atoms with Gasteiger partial charge in [0.15, 0.2) is 0 Å². The van der Waals surface area contributed by atoms with Crippen molar-refractivity contribution in [1.82, 2.24) is 16.0 Å². The van der Waals surface area contributed by atoms with Crippen molar-refractivity contribution >= 4 is 29.7 Å². The molecule has 5 N–H and O–H groups in total. The summed E-state index contributed by atoms with van der Waals surface area (Å²) in [6, 6.07) is 13.9. The zero-order chi connectivity index (χ0) is 34.6. The van der Waals surface area contributed by atoms with Gasteiger partial charge in [0.1, 0.15) is 18.2 Å². The fourth-order valence-corrected chi connectivity index (χ4v) is 5.29. The minimum absolute atomic E-state index is 0. The van der Waals surface area contributed by atoms with Crippen LogP contribution in [-0.4, -0.2) is 89.2 Å². The molecule has 1 saturated heterocycles. The van der Waals surface area contributed by atoms with Crippen molar-refractivity contribution in [3.05, 3.63) is 60.2 Å². The first-order valence-electron chi connectivity index (χ1n) is 15.5. The fraction of sp³-hybridized carbons (Fsp3) is 0.485. The Kier molecular flexibility index (Phi) is 19.8. The Morgan fingerprint density at radius 2 is 1.57 bits per heavy atom. The predicted octanol–water partition coefficient (Wildman–Crippen LogP) is -7.23. The number of rotatable bonds is 17. The average molecular weight is 702 g/mol. The van der Waals surface area contributed by atoms with Gasteiger partial charge in [-0.25, -0.2) is 0 Å². The third-order valence-electron chi connectivity index (χ3n) is 7.77. The number of ether oxygens (including phenoxy) is 2. The van der Waals surface area contributed by atoms with Crippen molar-refractivity contribution in [2.75, 3.05) is 13.2 Å². The van der Waals surface area contributed by atoms with Gasteiger partial charge in [-0.15, -0.1) is 0 Å². The third-order valence-corrected chi connectivity index (χ3v) is 7.77. The summed E-state index contributed by atoms with van der Waals surface area (Å²) >= 11 is 0. The van der Waals surface area contributed by atoms with E-state index in [1.807, 2.05) is 30.3 Å². The van der Waals surface area contributed by atoms with Crippen molar-refractivity contribution in [3.63, 3.8) is 0 Å². The normalized spacial score (nSPS) is 21.1. The van der Waals surface area contributed by atoms with E-state index < -0.39 is 78.8 Å². The van der Waals surface area contributed by atoms with Gasteiger partial charge in [0, 0.05) is 37.8 Å². The summed E-state index contributed by atoms with van der Waals surface area (Å²) in [5.41, 5.74) is 2.12. The molecule has 0 spiro atoms. The summed E-state index contributed by atoms with van der Waals surface area (Å²) in [7, 11) is 0. The molecule has 3 rings (SSSR count). The van der Waals surface area contributed by atoms with Gasteiger partial charge in [0.05, 0.1) is 24.8 Å². The molecule has 1 fully saturated rings. The number of hydrogen-bond acceptors (Lipinski definition) is 11. The number of hydrogen-bond donors (Lipinski definition) is 5. The molecule has 256 valence electrons. The Labute approximate surface area is 329 Å². The molecule has 0 radical (unpaired) electrons. The van der Waals surface area contributed by atoms with Gasteiger partial charge in [-0.3, -0.25) is 14.4 Å². The quantitative estimate of drug-likeness (QED) is 0.0769. The van der Waals surface area contributed by atoms with Crippen molar-refractivity contribution < 1.29 is 113 Å². The van der Waals surface area contributed by atoms with Crippen molar-refractivity contribution in [2.24, 2.45) is 0 Å². The topological polar surface area (TPSA) is 226 Å². The maximum Gasteiger partial charge on any atom is 1.00 e. The summed E-state index contributed by atoms with van der Waals surface area (Å²) in [6.45, 7) is 2.03. The standard InChI is InChI=1S/C33H43N3O11.2Na/c1-3-26(39)36-24-18-33(32(44)45,46-17-9-5-8-12-27(40)41)47-30(28(24)35-20(2)37)29(42)25(38)19-34-31(43)23-15-13-22(14-16-23)21-10-6-4-7-11-21;;/h4,6-7,10-11,13-16,24-25,28-30,38,42H,3,5,8-9,12,17-19H2,1-2H3,(H,34,43)(H,35,37)(H,36,39)(H,40,41)(H,44,45);;/q;2*+1/p-2/t24-,25+,28+,29+,30+,33+;;/m0../s1. The first-order chi connectivity index (χ1) is 22.4. The Balaban J connectivity index is 0.00000600. The summed E-state index contributed by atoms with van der Waals surface area (Å²) in [6.07, 6.45) is -5.14. The van der Waals surface area contributed by atoms with E-state index in [0.717, 1.165) is 11.1 Å². The van der Waals surface area contributed by atoms with Crippen molar-refractivity contribution in [2.45, 2.75) is 88.6 Å². The smallest absolute Gasteiger partial charge is 0.550 e. The molecule has 0 saturated carbocycles. The first kappa shape index (κ1) is 44.7. The van der Waals surface area contributed by atoms with Crippen LogP contribution in [0.4, 0.5) is 0 Å². The number of aliphatic hydroxyl groups excluding tert-OH is 2. The second-order valence-corrected chi connectivity index (χ2v) is 11.3. The van der Waals surface area contributed by atoms with Crippen LogP contribution in [0.3, 0.4) is 0 Å². The number of benzene rings is 2. The molecule has 2 aromatic carbocycles. The van der Waals surface area contributed by atoms with Crippen LogP contribution in [0.1, 0.15) is 62.7 Å². The van der Waals surface area contributed by atoms with Crippen LogP contribution in [0.25, 0.3) is 11.1 Å². The van der Waals surface area contributed by atoms with Crippen LogP contribution in [0.2, 0.25) is 0 Å². The molecule has 1 aliphatic rings. The fourth-order valence-electron chi connectivity index (χ4n) is 5.29. The molecule has 1 aliphatic heterocycles. The van der Waals surface area contributed by atoms with Crippen LogP contribution < -0.4 is 85.3 Å². The van der Waals surface area contributed by atoms with E-state index in [-0.39, 0.29) is 97.0 Å². The zero-order valence-corrected chi connectivity index (χ0v) is 32.3. The van der Waals surface area contributed by atoms with Gasteiger partial charge >= 0.3 is 59.1 Å². The van der Waals surface area contributed by atoms with E-state index >= 15 is 0 Å². The molecule has 3 amide bonds. The number of aliphatic carboxylic acids is 2. The van der Waals surface area contributed by atoms with Gasteiger partial charge in [-0.1, -0.05) is 55.8 Å². The number of carbonyl (C=O) groups excluding carboxylic acids is 5. The summed E-state index contributed by atoms with van der Waals surface area (Å²) in [5.74, 6) is -7.23. The van der Waals surface area contributed by atoms with Gasteiger partial charge in [0.2, 0.25) is 17.6 Å². The molecule has 2 aromatic rings. The molecular weight excluding hydrogens is 660 g/mol. The third kappa shape index (κ3) is 13.4. The minimum atomic E-state index is -2.52. The zero-order valence-electron chi connectivity index (χ0n) is 28.3. The monoisotopic (exact) mass is 701 g/mol. The van der Waals surface area contributed by atoms with E-state index in [1.54, 1.807) is 31.2 Å². The van der Waals surface area contributed by atoms with Gasteiger partial charge in [-0.05, 0) is 42.5 Å². The predicted molar refractivity (Wildman–Crippen MR) is 163 cm³/mol. The van der Waals surface area contributed by atoms with E-state index in [1.165, 1.54) is 6.92 Å². The SMILES string of the molecule is CCC(=O)N[C@H]1C[C@](OCCCCCC(=O)[O-])(C(=O)[O-])O[C@@H]([C@H](O)[C@H](O)CNC(=O)c2ccc(-c3ccccc3)cc2)[C@@H]1NC(C)=O.[Na+].[Na+]. The molecule has 0 unspecified atom stereocenters. The van der Waals surface area contributed by atoms with Gasteiger partial charge < -0.3 is 55.4 Å². The second kappa shape index (κ2) is 21.8. The van der Waals surface area contributed by atoms with Crippen LogP contribution in [0.5, 0.6) is 0 Å². The molecule has 0 bridgehead atoms. The largest absolute Gasteiger partial charge is 1.00 e. The minimum Gasteiger partial charge on any atom is -0.550 e. The molecule has 0 aliphatic carbocycles. The number of amides is 3.